The summed E-state index contributed by atoms with van der Waals surface area (Å²) in [5, 5.41) is 3.57. The van der Waals surface area contributed by atoms with Crippen molar-refractivity contribution in [3.63, 3.8) is 0 Å². The standard InChI is InChI=1S/C25H35ClN6O/c1-19-16-31(24-15-28-23(26)14-29-24)17-20(2)32(19)25(33)27-11-8-21-9-12-30(13-10-21)18-22-6-4-3-5-7-22/h3-7,14-15,19-21H,8-13,16-18H2,1-2H3,(H,27,33)/t19-,20-/m1/s1. The number of aromatic nitrogens is 2. The number of hydrogen-bond acceptors (Lipinski definition) is 5. The molecular formula is C25H35ClN6O. The van der Waals surface area contributed by atoms with Crippen molar-refractivity contribution in [2.45, 2.75) is 51.7 Å². The van der Waals surface area contributed by atoms with Crippen LogP contribution in [-0.4, -0.2) is 70.6 Å². The van der Waals surface area contributed by atoms with Gasteiger partial charge in [-0.25, -0.2) is 14.8 Å². The highest BCUT2D eigenvalue weighted by atomic mass is 35.5. The molecule has 3 heterocycles. The fraction of sp³-hybridized carbons (Fsp3) is 0.560. The van der Waals surface area contributed by atoms with E-state index in [9.17, 15) is 4.79 Å². The molecular weight excluding hydrogens is 436 g/mol. The summed E-state index contributed by atoms with van der Waals surface area (Å²) in [6.07, 6.45) is 6.72. The van der Waals surface area contributed by atoms with Crippen LogP contribution in [0.4, 0.5) is 10.6 Å². The highest BCUT2D eigenvalue weighted by molar-refractivity contribution is 6.29. The molecule has 33 heavy (non-hydrogen) atoms. The molecule has 2 aliphatic heterocycles. The first-order valence-electron chi connectivity index (χ1n) is 12.0. The largest absolute Gasteiger partial charge is 0.351 e. The van der Waals surface area contributed by atoms with Gasteiger partial charge in [0.1, 0.15) is 11.0 Å². The van der Waals surface area contributed by atoms with Crippen molar-refractivity contribution in [3.8, 4) is 0 Å². The van der Waals surface area contributed by atoms with E-state index >= 15 is 0 Å². The fourth-order valence-electron chi connectivity index (χ4n) is 5.13. The van der Waals surface area contributed by atoms with E-state index in [2.05, 4.69) is 69.3 Å². The average Bonchev–Trinajstić information content (AvgIpc) is 2.81. The van der Waals surface area contributed by atoms with Gasteiger partial charge in [0.15, 0.2) is 0 Å². The molecule has 0 spiro atoms. The van der Waals surface area contributed by atoms with Crippen LogP contribution >= 0.6 is 11.6 Å². The predicted molar refractivity (Wildman–Crippen MR) is 132 cm³/mol. The van der Waals surface area contributed by atoms with Gasteiger partial charge < -0.3 is 15.1 Å². The number of hydrogen-bond donors (Lipinski definition) is 1. The van der Waals surface area contributed by atoms with Crippen molar-refractivity contribution < 1.29 is 4.79 Å². The second-order valence-corrected chi connectivity index (χ2v) is 9.82. The van der Waals surface area contributed by atoms with Gasteiger partial charge in [-0.15, -0.1) is 0 Å². The van der Waals surface area contributed by atoms with E-state index in [0.29, 0.717) is 11.1 Å². The maximum atomic E-state index is 12.9. The lowest BCUT2D eigenvalue weighted by molar-refractivity contribution is 0.139. The van der Waals surface area contributed by atoms with Crippen molar-refractivity contribution in [2.24, 2.45) is 5.92 Å². The third-order valence-corrected chi connectivity index (χ3v) is 7.06. The van der Waals surface area contributed by atoms with Gasteiger partial charge in [-0.05, 0) is 57.7 Å². The van der Waals surface area contributed by atoms with Crippen molar-refractivity contribution in [3.05, 3.63) is 53.4 Å². The van der Waals surface area contributed by atoms with Crippen LogP contribution in [0, 0.1) is 5.92 Å². The van der Waals surface area contributed by atoms with E-state index in [4.69, 9.17) is 11.6 Å². The van der Waals surface area contributed by atoms with Gasteiger partial charge in [0, 0.05) is 38.3 Å². The molecule has 0 radical (unpaired) electrons. The predicted octanol–water partition coefficient (Wildman–Crippen LogP) is 4.04. The number of amides is 2. The zero-order valence-electron chi connectivity index (χ0n) is 19.7. The van der Waals surface area contributed by atoms with Gasteiger partial charge in [0.2, 0.25) is 0 Å². The number of carbonyl (C=O) groups excluding carboxylic acids is 1. The second kappa shape index (κ2) is 11.2. The number of piperidine rings is 1. The molecule has 2 amide bonds. The molecule has 2 aromatic rings. The minimum Gasteiger partial charge on any atom is -0.351 e. The Morgan fingerprint density at radius 2 is 1.76 bits per heavy atom. The Morgan fingerprint density at radius 1 is 1.06 bits per heavy atom. The lowest BCUT2D eigenvalue weighted by Crippen LogP contribution is -2.61. The third-order valence-electron chi connectivity index (χ3n) is 6.87. The molecule has 7 nitrogen and oxygen atoms in total. The van der Waals surface area contributed by atoms with Crippen molar-refractivity contribution in [1.82, 2.24) is 25.1 Å². The summed E-state index contributed by atoms with van der Waals surface area (Å²) in [6, 6.07) is 10.9. The molecule has 2 atom stereocenters. The van der Waals surface area contributed by atoms with E-state index < -0.39 is 0 Å². The molecule has 2 aliphatic rings. The van der Waals surface area contributed by atoms with Crippen LogP contribution in [0.1, 0.15) is 38.7 Å². The minimum atomic E-state index is 0.0401. The third kappa shape index (κ3) is 6.36. The van der Waals surface area contributed by atoms with Crippen LogP contribution in [0.5, 0.6) is 0 Å². The first-order chi connectivity index (χ1) is 16.0. The number of halogens is 1. The SMILES string of the molecule is C[C@@H]1CN(c2cnc(Cl)cn2)C[C@@H](C)N1C(=O)NCCC1CCN(Cc2ccccc2)CC1. The fourth-order valence-corrected chi connectivity index (χ4v) is 5.23. The zero-order chi connectivity index (χ0) is 23.2. The van der Waals surface area contributed by atoms with Crippen LogP contribution in [0.25, 0.3) is 0 Å². The molecule has 1 aromatic carbocycles. The number of piperazine rings is 1. The van der Waals surface area contributed by atoms with E-state index in [1.54, 1.807) is 12.4 Å². The first-order valence-corrected chi connectivity index (χ1v) is 12.4. The van der Waals surface area contributed by atoms with Crippen molar-refractivity contribution in [2.75, 3.05) is 37.6 Å². The highest BCUT2D eigenvalue weighted by Gasteiger charge is 2.33. The number of nitrogens with one attached hydrogen (secondary N) is 1. The number of anilines is 1. The lowest BCUT2D eigenvalue weighted by atomic mass is 9.93. The second-order valence-electron chi connectivity index (χ2n) is 9.43. The molecule has 0 aliphatic carbocycles. The van der Waals surface area contributed by atoms with Gasteiger partial charge in [0.25, 0.3) is 0 Å². The number of carbonyl (C=O) groups is 1. The number of likely N-dealkylation sites (tertiary alicyclic amines) is 1. The summed E-state index contributed by atoms with van der Waals surface area (Å²) in [6.45, 7) is 9.69. The quantitative estimate of drug-likeness (QED) is 0.690. The van der Waals surface area contributed by atoms with Crippen LogP contribution < -0.4 is 10.2 Å². The molecule has 178 valence electrons. The van der Waals surface area contributed by atoms with Crippen LogP contribution in [0.15, 0.2) is 42.7 Å². The number of rotatable bonds is 6. The maximum Gasteiger partial charge on any atom is 0.318 e. The zero-order valence-corrected chi connectivity index (χ0v) is 20.4. The Balaban J connectivity index is 1.18. The van der Waals surface area contributed by atoms with Gasteiger partial charge in [-0.2, -0.15) is 0 Å². The van der Waals surface area contributed by atoms with Crippen LogP contribution in [-0.2, 0) is 6.54 Å². The van der Waals surface area contributed by atoms with Crippen molar-refractivity contribution >= 4 is 23.4 Å². The molecule has 4 rings (SSSR count). The van der Waals surface area contributed by atoms with Gasteiger partial charge >= 0.3 is 6.03 Å². The van der Waals surface area contributed by atoms with E-state index in [0.717, 1.165) is 51.5 Å². The molecule has 1 aromatic heterocycles. The Kier molecular flexibility index (Phi) is 8.04. The Bertz CT molecular complexity index is 876. The number of nitrogens with zero attached hydrogens (tertiary/aromatic N) is 5. The monoisotopic (exact) mass is 470 g/mol. The Labute approximate surface area is 202 Å². The molecule has 8 heteroatoms. The normalized spacial score (nSPS) is 22.4. The molecule has 0 unspecified atom stereocenters. The van der Waals surface area contributed by atoms with E-state index in [1.165, 1.54) is 18.4 Å². The highest BCUT2D eigenvalue weighted by Crippen LogP contribution is 2.23. The Hall–Kier alpha value is -2.38. The molecule has 0 saturated carbocycles. The number of urea groups is 1. The molecule has 1 N–H and O–H groups in total. The summed E-state index contributed by atoms with van der Waals surface area (Å²) >= 11 is 5.86. The first kappa shape index (κ1) is 23.8. The number of benzene rings is 1. The lowest BCUT2D eigenvalue weighted by Gasteiger charge is -2.44. The topological polar surface area (TPSA) is 64.6 Å². The minimum absolute atomic E-state index is 0.0401. The van der Waals surface area contributed by atoms with E-state index in [1.807, 2.05) is 4.90 Å². The Morgan fingerprint density at radius 3 is 2.39 bits per heavy atom. The van der Waals surface area contributed by atoms with E-state index in [-0.39, 0.29) is 18.1 Å². The molecule has 2 fully saturated rings. The summed E-state index contributed by atoms with van der Waals surface area (Å²) in [7, 11) is 0. The maximum absolute atomic E-state index is 12.9. The summed E-state index contributed by atoms with van der Waals surface area (Å²) in [4.78, 5) is 28.1. The summed E-state index contributed by atoms with van der Waals surface area (Å²) in [5.74, 6) is 1.49. The molecule has 0 bridgehead atoms. The van der Waals surface area contributed by atoms with Crippen LogP contribution in [0.3, 0.4) is 0 Å². The summed E-state index contributed by atoms with van der Waals surface area (Å²) in [5.41, 5.74) is 1.38. The van der Waals surface area contributed by atoms with Gasteiger partial charge in [-0.3, -0.25) is 4.90 Å². The smallest absolute Gasteiger partial charge is 0.318 e. The summed E-state index contributed by atoms with van der Waals surface area (Å²) < 4.78 is 0. The molecule has 2 saturated heterocycles. The average molecular weight is 471 g/mol. The van der Waals surface area contributed by atoms with Gasteiger partial charge in [-0.1, -0.05) is 41.9 Å². The van der Waals surface area contributed by atoms with Crippen molar-refractivity contribution in [1.29, 1.82) is 0 Å². The van der Waals surface area contributed by atoms with Gasteiger partial charge in [0.05, 0.1) is 12.4 Å². The van der Waals surface area contributed by atoms with Crippen LogP contribution in [0.2, 0.25) is 5.15 Å².